The molecule has 88 valence electrons. The van der Waals surface area contributed by atoms with Gasteiger partial charge in [-0.05, 0) is 24.1 Å². The van der Waals surface area contributed by atoms with Crippen molar-refractivity contribution in [2.45, 2.75) is 13.5 Å². The number of hydrogen-bond donors (Lipinski definition) is 1. The Labute approximate surface area is 101 Å². The minimum absolute atomic E-state index is 0.224. The van der Waals surface area contributed by atoms with Crippen molar-refractivity contribution in [2.75, 3.05) is 0 Å². The van der Waals surface area contributed by atoms with E-state index in [0.29, 0.717) is 11.1 Å². The fourth-order valence-electron chi connectivity index (χ4n) is 1.27. The van der Waals surface area contributed by atoms with Crippen molar-refractivity contribution in [1.29, 1.82) is 5.41 Å². The summed E-state index contributed by atoms with van der Waals surface area (Å²) in [6.07, 6.45) is 2.43. The summed E-state index contributed by atoms with van der Waals surface area (Å²) < 4.78 is 5.13. The van der Waals surface area contributed by atoms with Gasteiger partial charge in [-0.3, -0.25) is 0 Å². The molecule has 0 spiro atoms. The Morgan fingerprint density at radius 2 is 2.06 bits per heavy atom. The lowest BCUT2D eigenvalue weighted by molar-refractivity contribution is -0.139. The van der Waals surface area contributed by atoms with Gasteiger partial charge in [0.15, 0.2) is 0 Å². The first-order chi connectivity index (χ1) is 8.15. The van der Waals surface area contributed by atoms with E-state index in [2.05, 4.69) is 6.58 Å². The molecule has 0 heterocycles. The number of rotatable bonds is 5. The highest BCUT2D eigenvalue weighted by atomic mass is 16.5. The first-order valence-corrected chi connectivity index (χ1v) is 5.23. The first kappa shape index (κ1) is 12.9. The molecule has 0 atom stereocenters. The molecule has 0 saturated carbocycles. The number of benzene rings is 1. The fraction of sp³-hybridized carbons (Fsp3) is 0.143. The van der Waals surface area contributed by atoms with Gasteiger partial charge in [0.25, 0.3) is 0 Å². The molecule has 0 amide bonds. The largest absolute Gasteiger partial charge is 0.457 e. The number of carbonyl (C=O) groups is 1. The average Bonchev–Trinajstić information content (AvgIpc) is 2.34. The van der Waals surface area contributed by atoms with Gasteiger partial charge in [-0.2, -0.15) is 0 Å². The Balaban J connectivity index is 2.63. The van der Waals surface area contributed by atoms with Gasteiger partial charge in [0.05, 0.1) is 5.57 Å². The van der Waals surface area contributed by atoms with Gasteiger partial charge in [-0.25, -0.2) is 4.79 Å². The molecule has 17 heavy (non-hydrogen) atoms. The van der Waals surface area contributed by atoms with Crippen molar-refractivity contribution in [2.24, 2.45) is 0 Å². The second-order valence-electron chi connectivity index (χ2n) is 3.59. The number of nitrogens with one attached hydrogen (secondary N) is 1. The van der Waals surface area contributed by atoms with Crippen LogP contribution in [0.5, 0.6) is 0 Å². The Kier molecular flexibility index (Phi) is 4.88. The molecule has 0 saturated heterocycles. The van der Waals surface area contributed by atoms with Crippen molar-refractivity contribution >= 4 is 12.2 Å². The van der Waals surface area contributed by atoms with Crippen LogP contribution in [0.3, 0.4) is 0 Å². The molecule has 1 aromatic rings. The second-order valence-corrected chi connectivity index (χ2v) is 3.59. The van der Waals surface area contributed by atoms with E-state index in [1.165, 1.54) is 6.08 Å². The smallest absolute Gasteiger partial charge is 0.338 e. The Morgan fingerprint density at radius 1 is 1.41 bits per heavy atom. The van der Waals surface area contributed by atoms with Gasteiger partial charge in [-0.1, -0.05) is 36.9 Å². The summed E-state index contributed by atoms with van der Waals surface area (Å²) in [5, 5.41) is 6.97. The third-order valence-corrected chi connectivity index (χ3v) is 2.14. The summed E-state index contributed by atoms with van der Waals surface area (Å²) in [7, 11) is 0. The predicted molar refractivity (Wildman–Crippen MR) is 67.9 cm³/mol. The lowest BCUT2D eigenvalue weighted by atomic mass is 10.1. The molecular formula is C14H15NO2. The number of allylic oxidation sites excluding steroid dienone is 1. The molecule has 0 bridgehead atoms. The lowest BCUT2D eigenvalue weighted by Gasteiger charge is -2.07. The molecular weight excluding hydrogens is 214 g/mol. The zero-order valence-electron chi connectivity index (χ0n) is 9.77. The monoisotopic (exact) mass is 229 g/mol. The highest BCUT2D eigenvalue weighted by Crippen LogP contribution is 2.10. The summed E-state index contributed by atoms with van der Waals surface area (Å²) in [6.45, 7) is 5.61. The van der Waals surface area contributed by atoms with E-state index in [0.717, 1.165) is 11.8 Å². The average molecular weight is 229 g/mol. The Morgan fingerprint density at radius 3 is 2.59 bits per heavy atom. The maximum Gasteiger partial charge on any atom is 0.338 e. The van der Waals surface area contributed by atoms with E-state index < -0.39 is 5.97 Å². The highest BCUT2D eigenvalue weighted by molar-refractivity contribution is 5.97. The van der Waals surface area contributed by atoms with Crippen LogP contribution in [0.25, 0.3) is 0 Å². The van der Waals surface area contributed by atoms with Crippen LogP contribution in [0.15, 0.2) is 54.1 Å². The van der Waals surface area contributed by atoms with Crippen LogP contribution >= 0.6 is 0 Å². The molecule has 0 radical (unpaired) electrons. The summed E-state index contributed by atoms with van der Waals surface area (Å²) in [6, 6.07) is 9.44. The summed E-state index contributed by atoms with van der Waals surface area (Å²) >= 11 is 0. The van der Waals surface area contributed by atoms with Crippen LogP contribution < -0.4 is 0 Å². The number of esters is 1. The van der Waals surface area contributed by atoms with E-state index in [1.807, 2.05) is 30.3 Å². The number of ether oxygens (including phenoxy) is 1. The van der Waals surface area contributed by atoms with E-state index in [1.54, 1.807) is 6.92 Å². The fourth-order valence-corrected chi connectivity index (χ4v) is 1.27. The summed E-state index contributed by atoms with van der Waals surface area (Å²) in [4.78, 5) is 11.7. The highest BCUT2D eigenvalue weighted by Gasteiger charge is 2.11. The molecule has 0 fully saturated rings. The van der Waals surface area contributed by atoms with Crippen LogP contribution in [0.4, 0.5) is 0 Å². The standard InChI is InChI=1S/C14H15NO2/c1-11(2)13(8-9-15)14(16)17-10-12-6-4-3-5-7-12/h3-9,15H,1,10H2,2H3/b13-8+,15-9?. The number of carbonyl (C=O) groups excluding carboxylic acids is 1. The van der Waals surface area contributed by atoms with Crippen LogP contribution in [-0.2, 0) is 16.1 Å². The van der Waals surface area contributed by atoms with Crippen molar-refractivity contribution in [3.05, 3.63) is 59.7 Å². The maximum absolute atomic E-state index is 11.7. The van der Waals surface area contributed by atoms with E-state index >= 15 is 0 Å². The van der Waals surface area contributed by atoms with Gasteiger partial charge in [0.2, 0.25) is 0 Å². The zero-order valence-corrected chi connectivity index (χ0v) is 9.77. The molecule has 3 heteroatoms. The van der Waals surface area contributed by atoms with Crippen LogP contribution in [0.2, 0.25) is 0 Å². The van der Waals surface area contributed by atoms with E-state index in [-0.39, 0.29) is 6.61 Å². The molecule has 0 aliphatic heterocycles. The molecule has 0 unspecified atom stereocenters. The van der Waals surface area contributed by atoms with Crippen molar-refractivity contribution in [1.82, 2.24) is 0 Å². The quantitative estimate of drug-likeness (QED) is 0.365. The predicted octanol–water partition coefficient (Wildman–Crippen LogP) is 2.88. The SMILES string of the molecule is C=C(C)/C(=C\C=N)C(=O)OCc1ccccc1. The van der Waals surface area contributed by atoms with Crippen LogP contribution in [-0.4, -0.2) is 12.2 Å². The zero-order chi connectivity index (χ0) is 12.7. The molecule has 0 aliphatic carbocycles. The summed E-state index contributed by atoms with van der Waals surface area (Å²) in [5.74, 6) is -0.454. The van der Waals surface area contributed by atoms with Gasteiger partial charge in [0.1, 0.15) is 6.61 Å². The third kappa shape index (κ3) is 4.07. The lowest BCUT2D eigenvalue weighted by Crippen LogP contribution is -2.09. The van der Waals surface area contributed by atoms with Gasteiger partial charge >= 0.3 is 5.97 Å². The second kappa shape index (κ2) is 6.43. The molecule has 0 aliphatic rings. The minimum atomic E-state index is -0.454. The Hall–Kier alpha value is -2.16. The van der Waals surface area contributed by atoms with Gasteiger partial charge < -0.3 is 10.1 Å². The van der Waals surface area contributed by atoms with Crippen molar-refractivity contribution in [3.8, 4) is 0 Å². The van der Waals surface area contributed by atoms with Crippen LogP contribution in [0, 0.1) is 5.41 Å². The number of hydrogen-bond acceptors (Lipinski definition) is 3. The van der Waals surface area contributed by atoms with Crippen molar-refractivity contribution in [3.63, 3.8) is 0 Å². The molecule has 1 aromatic carbocycles. The van der Waals surface area contributed by atoms with Gasteiger partial charge in [0, 0.05) is 6.21 Å². The molecule has 1 rings (SSSR count). The normalized spacial score (nSPS) is 10.8. The van der Waals surface area contributed by atoms with Crippen molar-refractivity contribution < 1.29 is 9.53 Å². The molecule has 1 N–H and O–H groups in total. The van der Waals surface area contributed by atoms with E-state index in [9.17, 15) is 4.79 Å². The van der Waals surface area contributed by atoms with Gasteiger partial charge in [-0.15, -0.1) is 0 Å². The minimum Gasteiger partial charge on any atom is -0.457 e. The first-order valence-electron chi connectivity index (χ1n) is 5.23. The van der Waals surface area contributed by atoms with Crippen LogP contribution in [0.1, 0.15) is 12.5 Å². The Bertz CT molecular complexity index is 447. The topological polar surface area (TPSA) is 50.2 Å². The molecule has 0 aromatic heterocycles. The third-order valence-electron chi connectivity index (χ3n) is 2.14. The molecule has 3 nitrogen and oxygen atoms in total. The summed E-state index contributed by atoms with van der Waals surface area (Å²) in [5.41, 5.74) is 1.85. The van der Waals surface area contributed by atoms with E-state index in [4.69, 9.17) is 10.1 Å². The maximum atomic E-state index is 11.7.